The van der Waals surface area contributed by atoms with Crippen molar-refractivity contribution in [2.24, 2.45) is 4.40 Å². The summed E-state index contributed by atoms with van der Waals surface area (Å²) in [6.07, 6.45) is 2.39. The molecule has 6 nitrogen and oxygen atoms in total. The topological polar surface area (TPSA) is 95.8 Å². The Morgan fingerprint density at radius 1 is 1.32 bits per heavy atom. The maximum atomic E-state index is 11.3. The highest BCUT2D eigenvalue weighted by Crippen LogP contribution is 2.25. The van der Waals surface area contributed by atoms with Gasteiger partial charge in [0.25, 0.3) is 0 Å². The number of aromatic carboxylic acids is 1. The molecule has 0 amide bonds. The van der Waals surface area contributed by atoms with Gasteiger partial charge in [-0.15, -0.1) is 0 Å². The minimum absolute atomic E-state index is 0.122. The van der Waals surface area contributed by atoms with E-state index in [-0.39, 0.29) is 5.56 Å². The Hall–Kier alpha value is -2.15. The Morgan fingerprint density at radius 3 is 2.53 bits per heavy atom. The van der Waals surface area contributed by atoms with Crippen molar-refractivity contribution in [2.45, 2.75) is 13.8 Å². The van der Waals surface area contributed by atoms with Crippen LogP contribution in [0.1, 0.15) is 27.0 Å². The number of rotatable bonds is 2. The molecule has 7 heteroatoms. The van der Waals surface area contributed by atoms with Crippen LogP contribution in [0.15, 0.2) is 22.7 Å². The Balaban J connectivity index is 2.61. The van der Waals surface area contributed by atoms with Gasteiger partial charge in [-0.05, 0) is 31.0 Å². The van der Waals surface area contributed by atoms with Crippen molar-refractivity contribution in [3.05, 3.63) is 40.6 Å². The number of nitrogens with one attached hydrogen (secondary N) is 1. The number of hydrogen-bond donors (Lipinski definition) is 2. The van der Waals surface area contributed by atoms with E-state index in [1.807, 2.05) is 6.07 Å². The average Bonchev–Trinajstić information content (AvgIpc) is 2.29. The fraction of sp³-hybridized carbons (Fsp3) is 0.167. The van der Waals surface area contributed by atoms with Crippen molar-refractivity contribution in [1.82, 2.24) is 4.72 Å². The van der Waals surface area contributed by atoms with E-state index in [1.165, 1.54) is 6.20 Å². The highest BCUT2D eigenvalue weighted by molar-refractivity contribution is 7.88. The summed E-state index contributed by atoms with van der Waals surface area (Å²) in [5.74, 6) is -1.07. The molecule has 100 valence electrons. The van der Waals surface area contributed by atoms with Gasteiger partial charge in [0.15, 0.2) is 0 Å². The third kappa shape index (κ3) is 2.65. The van der Waals surface area contributed by atoms with E-state index in [0.717, 1.165) is 17.3 Å². The molecule has 1 aliphatic rings. The van der Waals surface area contributed by atoms with Crippen molar-refractivity contribution in [1.29, 1.82) is 0 Å². The smallest absolute Gasteiger partial charge is 0.341 e. The van der Waals surface area contributed by atoms with Gasteiger partial charge in [0.05, 0.1) is 11.8 Å². The average molecular weight is 280 g/mol. The van der Waals surface area contributed by atoms with Crippen LogP contribution in [0.25, 0.3) is 5.57 Å². The molecule has 0 unspecified atom stereocenters. The van der Waals surface area contributed by atoms with Crippen molar-refractivity contribution < 1.29 is 18.3 Å². The summed E-state index contributed by atoms with van der Waals surface area (Å²) in [5.41, 5.74) is 2.58. The molecule has 1 aliphatic heterocycles. The first-order valence-corrected chi connectivity index (χ1v) is 6.87. The van der Waals surface area contributed by atoms with Gasteiger partial charge in [0.2, 0.25) is 0 Å². The number of aryl methyl sites for hydroxylation is 2. The molecule has 0 bridgehead atoms. The van der Waals surface area contributed by atoms with Crippen LogP contribution >= 0.6 is 0 Å². The predicted octanol–water partition coefficient (Wildman–Crippen LogP) is 1.26. The summed E-state index contributed by atoms with van der Waals surface area (Å²) in [6.45, 7) is 3.57. The van der Waals surface area contributed by atoms with E-state index in [9.17, 15) is 18.3 Å². The molecule has 1 aromatic carbocycles. The number of benzene rings is 1. The normalized spacial score (nSPS) is 16.6. The fourth-order valence-corrected chi connectivity index (χ4v) is 2.58. The van der Waals surface area contributed by atoms with Crippen LogP contribution in [-0.2, 0) is 10.2 Å². The van der Waals surface area contributed by atoms with Gasteiger partial charge in [-0.1, -0.05) is 6.07 Å². The van der Waals surface area contributed by atoms with Crippen LogP contribution in [0.5, 0.6) is 0 Å². The second-order valence-corrected chi connectivity index (χ2v) is 5.63. The minimum Gasteiger partial charge on any atom is -0.478 e. The molecule has 0 saturated carbocycles. The zero-order valence-electron chi connectivity index (χ0n) is 10.3. The van der Waals surface area contributed by atoms with Crippen LogP contribution in [0.2, 0.25) is 0 Å². The van der Waals surface area contributed by atoms with E-state index in [1.54, 1.807) is 19.9 Å². The van der Waals surface area contributed by atoms with Gasteiger partial charge in [-0.2, -0.15) is 12.8 Å². The van der Waals surface area contributed by atoms with E-state index in [4.69, 9.17) is 0 Å². The standard InChI is InChI=1S/C12H12N2O4S/c1-7-3-8(2)11(10(4-7)12(15)16)9-5-13-19(17,18)14-6-9/h3-6,13H,1-2H3,(H,15,16). The van der Waals surface area contributed by atoms with Gasteiger partial charge in [-0.25, -0.2) is 4.79 Å². The molecule has 0 spiro atoms. The lowest BCUT2D eigenvalue weighted by Gasteiger charge is -2.14. The third-order valence-corrected chi connectivity index (χ3v) is 3.49. The first kappa shape index (κ1) is 13.3. The number of nitrogens with zero attached hydrogens (tertiary/aromatic N) is 1. The quantitative estimate of drug-likeness (QED) is 0.852. The summed E-state index contributed by atoms with van der Waals surface area (Å²) >= 11 is 0. The summed E-state index contributed by atoms with van der Waals surface area (Å²) in [4.78, 5) is 11.3. The van der Waals surface area contributed by atoms with E-state index >= 15 is 0 Å². The van der Waals surface area contributed by atoms with E-state index in [2.05, 4.69) is 9.12 Å². The molecule has 19 heavy (non-hydrogen) atoms. The van der Waals surface area contributed by atoms with Gasteiger partial charge in [-0.3, -0.25) is 4.72 Å². The highest BCUT2D eigenvalue weighted by Gasteiger charge is 2.19. The lowest BCUT2D eigenvalue weighted by molar-refractivity contribution is 0.0696. The van der Waals surface area contributed by atoms with E-state index in [0.29, 0.717) is 11.1 Å². The number of carboxylic acids is 1. The van der Waals surface area contributed by atoms with Crippen LogP contribution in [-0.4, -0.2) is 25.7 Å². The second-order valence-electron chi connectivity index (χ2n) is 4.24. The Morgan fingerprint density at radius 2 is 2.00 bits per heavy atom. The second kappa shape index (κ2) is 4.51. The maximum absolute atomic E-state index is 11.3. The molecule has 0 aliphatic carbocycles. The van der Waals surface area contributed by atoms with Crippen molar-refractivity contribution in [3.8, 4) is 0 Å². The van der Waals surface area contributed by atoms with Crippen LogP contribution in [0, 0.1) is 13.8 Å². The zero-order valence-corrected chi connectivity index (χ0v) is 11.2. The van der Waals surface area contributed by atoms with Crippen LogP contribution in [0.3, 0.4) is 0 Å². The van der Waals surface area contributed by atoms with Crippen LogP contribution < -0.4 is 4.72 Å². The lowest BCUT2D eigenvalue weighted by atomic mass is 9.94. The molecule has 0 aromatic heterocycles. The van der Waals surface area contributed by atoms with Crippen molar-refractivity contribution >= 4 is 28.0 Å². The summed E-state index contributed by atoms with van der Waals surface area (Å²) in [5, 5.41) is 9.24. The first-order chi connectivity index (χ1) is 8.80. The number of carboxylic acid groups (broad SMARTS) is 1. The summed E-state index contributed by atoms with van der Waals surface area (Å²) < 4.78 is 27.7. The maximum Gasteiger partial charge on any atom is 0.341 e. The number of hydrogen-bond acceptors (Lipinski definition) is 3. The molecular formula is C12H12N2O4S. The molecule has 0 radical (unpaired) electrons. The molecule has 2 rings (SSSR count). The van der Waals surface area contributed by atoms with Gasteiger partial charge >= 0.3 is 16.2 Å². The monoisotopic (exact) mass is 280 g/mol. The van der Waals surface area contributed by atoms with Crippen LogP contribution in [0.4, 0.5) is 0 Å². The number of carbonyl (C=O) groups is 1. The lowest BCUT2D eigenvalue weighted by Crippen LogP contribution is -2.20. The zero-order chi connectivity index (χ0) is 14.2. The largest absolute Gasteiger partial charge is 0.478 e. The fourth-order valence-electron chi connectivity index (χ4n) is 1.99. The molecule has 1 aromatic rings. The summed E-state index contributed by atoms with van der Waals surface area (Å²) in [7, 11) is -3.68. The molecular weight excluding hydrogens is 268 g/mol. The third-order valence-electron chi connectivity index (χ3n) is 2.69. The SMILES string of the molecule is Cc1cc(C)c(C2=CNS(=O)(=O)N=C2)c(C(=O)O)c1. The Kier molecular flexibility index (Phi) is 3.15. The van der Waals surface area contributed by atoms with E-state index < -0.39 is 16.2 Å². The van der Waals surface area contributed by atoms with Gasteiger partial charge < -0.3 is 5.11 Å². The minimum atomic E-state index is -3.68. The molecule has 0 atom stereocenters. The predicted molar refractivity (Wildman–Crippen MR) is 71.4 cm³/mol. The number of allylic oxidation sites excluding steroid dienone is 1. The molecule has 2 N–H and O–H groups in total. The Labute approximate surface area is 110 Å². The first-order valence-electron chi connectivity index (χ1n) is 5.43. The van der Waals surface area contributed by atoms with Gasteiger partial charge in [0.1, 0.15) is 0 Å². The van der Waals surface area contributed by atoms with Crippen molar-refractivity contribution in [2.75, 3.05) is 0 Å². The summed E-state index contributed by atoms with van der Waals surface area (Å²) in [6, 6.07) is 3.38. The Bertz CT molecular complexity index is 717. The molecule has 0 saturated heterocycles. The van der Waals surface area contributed by atoms with Crippen molar-refractivity contribution in [3.63, 3.8) is 0 Å². The highest BCUT2D eigenvalue weighted by atomic mass is 32.2. The molecule has 1 heterocycles. The molecule has 0 fully saturated rings. The van der Waals surface area contributed by atoms with Gasteiger partial charge in [0, 0.05) is 17.3 Å².